The van der Waals surface area contributed by atoms with Crippen molar-refractivity contribution < 1.29 is 4.74 Å². The monoisotopic (exact) mass is 520 g/mol. The number of ether oxygens (including phenoxy) is 1. The van der Waals surface area contributed by atoms with Crippen molar-refractivity contribution >= 4 is 29.9 Å². The summed E-state index contributed by atoms with van der Waals surface area (Å²) in [6.07, 6.45) is 2.63. The lowest BCUT2D eigenvalue weighted by atomic mass is 10.1. The summed E-state index contributed by atoms with van der Waals surface area (Å²) >= 11 is 0. The molecule has 0 atom stereocenters. The van der Waals surface area contributed by atoms with Crippen LogP contribution in [-0.2, 0) is 13.0 Å². The molecule has 1 heterocycles. The summed E-state index contributed by atoms with van der Waals surface area (Å²) < 4.78 is 8.06. The summed E-state index contributed by atoms with van der Waals surface area (Å²) in [6, 6.07) is 18.4. The molecule has 0 bridgehead atoms. The molecule has 30 heavy (non-hydrogen) atoms. The lowest BCUT2D eigenvalue weighted by Crippen LogP contribution is -2.40. The van der Waals surface area contributed by atoms with Gasteiger partial charge in [0, 0.05) is 32.1 Å². The second kappa shape index (κ2) is 12.8. The van der Waals surface area contributed by atoms with Crippen molar-refractivity contribution in [3.63, 3.8) is 0 Å². The third-order valence-corrected chi connectivity index (χ3v) is 4.50. The van der Waals surface area contributed by atoms with E-state index >= 15 is 0 Å². The van der Waals surface area contributed by atoms with Crippen LogP contribution in [0.15, 0.2) is 65.9 Å². The van der Waals surface area contributed by atoms with Crippen LogP contribution >= 0.6 is 24.0 Å². The minimum absolute atomic E-state index is 0. The molecular weight excluding hydrogens is 491 g/mol. The highest BCUT2D eigenvalue weighted by Gasteiger charge is 2.06. The van der Waals surface area contributed by atoms with Crippen LogP contribution in [0.25, 0.3) is 11.1 Å². The number of guanidine groups is 1. The van der Waals surface area contributed by atoms with E-state index in [0.717, 1.165) is 48.2 Å². The number of rotatable bonds is 9. The number of halogens is 1. The molecule has 0 aliphatic rings. The molecule has 3 rings (SSSR count). The number of para-hydroxylation sites is 1. The highest BCUT2D eigenvalue weighted by atomic mass is 127. The second-order valence-corrected chi connectivity index (χ2v) is 6.43. The van der Waals surface area contributed by atoms with E-state index in [1.54, 1.807) is 13.4 Å². The molecule has 0 aliphatic heterocycles. The first-order chi connectivity index (χ1) is 14.3. The lowest BCUT2D eigenvalue weighted by Gasteiger charge is -2.14. The van der Waals surface area contributed by atoms with Crippen molar-refractivity contribution in [2.75, 3.05) is 26.7 Å². The Morgan fingerprint density at radius 1 is 1.03 bits per heavy atom. The van der Waals surface area contributed by atoms with E-state index in [9.17, 15) is 0 Å². The third-order valence-electron chi connectivity index (χ3n) is 4.50. The van der Waals surface area contributed by atoms with Crippen LogP contribution in [-0.4, -0.2) is 47.5 Å². The summed E-state index contributed by atoms with van der Waals surface area (Å²) in [6.45, 7) is 4.79. The molecule has 7 nitrogen and oxygen atoms in total. The van der Waals surface area contributed by atoms with E-state index in [0.29, 0.717) is 13.2 Å². The van der Waals surface area contributed by atoms with Crippen LogP contribution in [0.4, 0.5) is 0 Å². The second-order valence-electron chi connectivity index (χ2n) is 6.43. The van der Waals surface area contributed by atoms with Gasteiger partial charge in [0.1, 0.15) is 24.5 Å². The summed E-state index contributed by atoms with van der Waals surface area (Å²) in [7, 11) is 1.76. The summed E-state index contributed by atoms with van der Waals surface area (Å²) in [5.74, 6) is 2.61. The van der Waals surface area contributed by atoms with E-state index in [2.05, 4.69) is 50.9 Å². The van der Waals surface area contributed by atoms with E-state index in [1.165, 1.54) is 0 Å². The molecule has 8 heteroatoms. The maximum absolute atomic E-state index is 6.01. The van der Waals surface area contributed by atoms with Gasteiger partial charge in [0.15, 0.2) is 5.96 Å². The number of aliphatic imine (C=N–C) groups is 1. The first-order valence-corrected chi connectivity index (χ1v) is 9.90. The molecule has 0 saturated heterocycles. The molecule has 0 saturated carbocycles. The SMILES string of the molecule is CCc1nncn1CCNC(=NC)NCCOc1ccccc1-c1ccccc1.I. The molecule has 0 radical (unpaired) electrons. The van der Waals surface area contributed by atoms with Crippen LogP contribution in [0.2, 0.25) is 0 Å². The molecule has 0 unspecified atom stereocenters. The summed E-state index contributed by atoms with van der Waals surface area (Å²) in [4.78, 5) is 4.26. The standard InChI is InChI=1S/C22H28N6O.HI/c1-3-21-27-26-17-28(21)15-13-24-22(23-2)25-14-16-29-20-12-8-7-11-19(20)18-9-5-4-6-10-18;/h4-12,17H,3,13-16H2,1-2H3,(H2,23,24,25);1H. The zero-order chi connectivity index (χ0) is 20.3. The number of aromatic nitrogens is 3. The fourth-order valence-corrected chi connectivity index (χ4v) is 3.03. The number of nitrogens with one attached hydrogen (secondary N) is 2. The highest BCUT2D eigenvalue weighted by molar-refractivity contribution is 14.0. The van der Waals surface area contributed by atoms with Gasteiger partial charge in [0.2, 0.25) is 0 Å². The minimum Gasteiger partial charge on any atom is -0.491 e. The molecule has 1 aromatic heterocycles. The summed E-state index contributed by atoms with van der Waals surface area (Å²) in [5, 5.41) is 14.6. The predicted octanol–water partition coefficient (Wildman–Crippen LogP) is 3.37. The summed E-state index contributed by atoms with van der Waals surface area (Å²) in [5.41, 5.74) is 2.24. The van der Waals surface area contributed by atoms with Gasteiger partial charge < -0.3 is 19.9 Å². The van der Waals surface area contributed by atoms with Crippen LogP contribution in [0.3, 0.4) is 0 Å². The lowest BCUT2D eigenvalue weighted by molar-refractivity contribution is 0.323. The first kappa shape index (κ1) is 23.7. The topological polar surface area (TPSA) is 76.4 Å². The Balaban J connectivity index is 0.00000320. The van der Waals surface area contributed by atoms with Gasteiger partial charge in [0.25, 0.3) is 0 Å². The minimum atomic E-state index is 0. The van der Waals surface area contributed by atoms with E-state index in [-0.39, 0.29) is 24.0 Å². The molecular formula is C22H29IN6O. The molecule has 160 valence electrons. The molecule has 0 amide bonds. The van der Waals surface area contributed by atoms with Crippen molar-refractivity contribution in [1.82, 2.24) is 25.4 Å². The molecule has 0 spiro atoms. The Morgan fingerprint density at radius 2 is 1.77 bits per heavy atom. The normalized spacial score (nSPS) is 10.9. The Kier molecular flexibility index (Phi) is 10.1. The fraction of sp³-hybridized carbons (Fsp3) is 0.318. The number of aryl methyl sites for hydroxylation is 1. The van der Waals surface area contributed by atoms with Gasteiger partial charge in [0.05, 0.1) is 6.54 Å². The average molecular weight is 520 g/mol. The van der Waals surface area contributed by atoms with Gasteiger partial charge in [-0.1, -0.05) is 55.5 Å². The average Bonchev–Trinajstić information content (AvgIpc) is 3.24. The van der Waals surface area contributed by atoms with Crippen molar-refractivity contribution in [2.45, 2.75) is 19.9 Å². The van der Waals surface area contributed by atoms with Gasteiger partial charge in [-0.05, 0) is 11.6 Å². The number of benzene rings is 2. The Morgan fingerprint density at radius 3 is 2.53 bits per heavy atom. The van der Waals surface area contributed by atoms with Crippen molar-refractivity contribution in [1.29, 1.82) is 0 Å². The van der Waals surface area contributed by atoms with Crippen molar-refractivity contribution in [3.8, 4) is 16.9 Å². The largest absolute Gasteiger partial charge is 0.491 e. The van der Waals surface area contributed by atoms with E-state index in [1.807, 2.05) is 41.0 Å². The fourth-order valence-electron chi connectivity index (χ4n) is 3.03. The van der Waals surface area contributed by atoms with Crippen molar-refractivity contribution in [3.05, 3.63) is 66.7 Å². The molecule has 0 aliphatic carbocycles. The first-order valence-electron chi connectivity index (χ1n) is 9.90. The number of hydrogen-bond acceptors (Lipinski definition) is 4. The van der Waals surface area contributed by atoms with Crippen molar-refractivity contribution in [2.24, 2.45) is 4.99 Å². The van der Waals surface area contributed by atoms with Gasteiger partial charge in [-0.15, -0.1) is 34.2 Å². The van der Waals surface area contributed by atoms with Crippen LogP contribution in [0.5, 0.6) is 5.75 Å². The maximum atomic E-state index is 6.01. The number of hydrogen-bond donors (Lipinski definition) is 2. The van der Waals surface area contributed by atoms with Crippen LogP contribution in [0, 0.1) is 0 Å². The van der Waals surface area contributed by atoms with Gasteiger partial charge >= 0.3 is 0 Å². The maximum Gasteiger partial charge on any atom is 0.191 e. The number of nitrogens with zero attached hydrogens (tertiary/aromatic N) is 4. The molecule has 2 aromatic carbocycles. The highest BCUT2D eigenvalue weighted by Crippen LogP contribution is 2.29. The molecule has 3 aromatic rings. The van der Waals surface area contributed by atoms with Gasteiger partial charge in [-0.3, -0.25) is 4.99 Å². The van der Waals surface area contributed by atoms with Crippen LogP contribution < -0.4 is 15.4 Å². The van der Waals surface area contributed by atoms with Gasteiger partial charge in [-0.25, -0.2) is 0 Å². The smallest absolute Gasteiger partial charge is 0.191 e. The zero-order valence-corrected chi connectivity index (χ0v) is 19.7. The molecule has 2 N–H and O–H groups in total. The zero-order valence-electron chi connectivity index (χ0n) is 17.4. The molecule has 0 fully saturated rings. The predicted molar refractivity (Wildman–Crippen MR) is 132 cm³/mol. The Bertz CT molecular complexity index is 913. The van der Waals surface area contributed by atoms with Gasteiger partial charge in [-0.2, -0.15) is 0 Å². The van der Waals surface area contributed by atoms with Crippen LogP contribution in [0.1, 0.15) is 12.7 Å². The quantitative estimate of drug-likeness (QED) is 0.196. The van der Waals surface area contributed by atoms with E-state index < -0.39 is 0 Å². The van der Waals surface area contributed by atoms with E-state index in [4.69, 9.17) is 4.74 Å². The Labute approximate surface area is 195 Å². The Hall–Kier alpha value is -2.62. The third kappa shape index (κ3) is 6.72.